The lowest BCUT2D eigenvalue weighted by molar-refractivity contribution is 0.0700. The van der Waals surface area contributed by atoms with Crippen molar-refractivity contribution in [3.05, 3.63) is 42.0 Å². The average molecular weight is 583 g/mol. The van der Waals surface area contributed by atoms with Crippen LogP contribution in [0.1, 0.15) is 48.9 Å². The third-order valence-electron chi connectivity index (χ3n) is 10.7. The Bertz CT molecular complexity index is 1710. The lowest BCUT2D eigenvalue weighted by atomic mass is 10.1. The van der Waals surface area contributed by atoms with Crippen molar-refractivity contribution >= 4 is 33.5 Å². The predicted molar refractivity (Wildman–Crippen MR) is 169 cm³/mol. The number of imidazole rings is 1. The van der Waals surface area contributed by atoms with Crippen LogP contribution in [-0.4, -0.2) is 77.0 Å². The molecule has 0 radical (unpaired) electrons. The van der Waals surface area contributed by atoms with Crippen LogP contribution in [0.25, 0.3) is 33.5 Å². The van der Waals surface area contributed by atoms with Gasteiger partial charge >= 0.3 is 0 Å². The summed E-state index contributed by atoms with van der Waals surface area (Å²) in [4.78, 5) is 23.4. The highest BCUT2D eigenvalue weighted by atomic mass is 16.5. The first kappa shape index (κ1) is 27.0. The molecule has 4 aliphatic rings. The first-order valence-corrected chi connectivity index (χ1v) is 16.0. The molecule has 1 amide bonds. The summed E-state index contributed by atoms with van der Waals surface area (Å²) in [5.74, 6) is 2.69. The zero-order chi connectivity index (χ0) is 29.4. The largest absolute Gasteiger partial charge is 0.494 e. The molecule has 2 saturated heterocycles. The standard InChI is InChI=1S/C34H42N6O3/c1-37-32-26(14-23(16-30(32)43-3)34(41)40-19-22-7-9-27(40)31(22)35)36-33(37)29-15-21-6-8-24(38-12-10-25(42-2)11-13-38)17-28(21)39(29)18-20-4-5-20/h6,8,14-17,20,22,25,27,31H,4-5,7,9-13,18-19,35H2,1-3H3/t22?,27?,31-/m1/s1. The van der Waals surface area contributed by atoms with Gasteiger partial charge in [-0.1, -0.05) is 6.07 Å². The van der Waals surface area contributed by atoms with E-state index in [2.05, 4.69) is 45.3 Å². The molecule has 226 valence electrons. The van der Waals surface area contributed by atoms with Gasteiger partial charge in [-0.25, -0.2) is 4.98 Å². The Balaban J connectivity index is 1.19. The van der Waals surface area contributed by atoms with E-state index in [1.165, 1.54) is 29.4 Å². The van der Waals surface area contributed by atoms with Gasteiger partial charge in [0.2, 0.25) is 0 Å². The summed E-state index contributed by atoms with van der Waals surface area (Å²) in [6.07, 6.45) is 7.12. The number of ether oxygens (including phenoxy) is 2. The second-order valence-electron chi connectivity index (χ2n) is 13.2. The number of amides is 1. The van der Waals surface area contributed by atoms with Gasteiger partial charge in [-0.3, -0.25) is 4.79 Å². The first-order valence-electron chi connectivity index (χ1n) is 16.0. The highest BCUT2D eigenvalue weighted by Crippen LogP contribution is 2.41. The number of likely N-dealkylation sites (tertiary alicyclic amines) is 1. The number of anilines is 1. The maximum atomic E-state index is 13.7. The zero-order valence-electron chi connectivity index (χ0n) is 25.5. The number of nitrogens with two attached hydrogens (primary N) is 1. The number of benzene rings is 2. The highest BCUT2D eigenvalue weighted by molar-refractivity contribution is 6.00. The number of piperidine rings is 2. The van der Waals surface area contributed by atoms with Gasteiger partial charge in [0.15, 0.2) is 5.82 Å². The summed E-state index contributed by atoms with van der Waals surface area (Å²) in [5.41, 5.74) is 12.4. The second-order valence-corrected chi connectivity index (χ2v) is 13.2. The molecule has 4 heterocycles. The Hall–Kier alpha value is -3.56. The van der Waals surface area contributed by atoms with E-state index in [-0.39, 0.29) is 18.0 Å². The molecule has 2 bridgehead atoms. The molecule has 2 aromatic carbocycles. The molecule has 4 aromatic rings. The Morgan fingerprint density at radius 2 is 1.84 bits per heavy atom. The Morgan fingerprint density at radius 3 is 2.51 bits per heavy atom. The third kappa shape index (κ3) is 4.42. The van der Waals surface area contributed by atoms with Crippen molar-refractivity contribution in [3.8, 4) is 17.3 Å². The molecule has 2 saturated carbocycles. The minimum absolute atomic E-state index is 0.0277. The van der Waals surface area contributed by atoms with E-state index in [0.29, 0.717) is 29.3 Å². The van der Waals surface area contributed by atoms with E-state index >= 15 is 0 Å². The minimum Gasteiger partial charge on any atom is -0.494 e. The van der Waals surface area contributed by atoms with Gasteiger partial charge in [0.05, 0.1) is 29.9 Å². The van der Waals surface area contributed by atoms with Crippen LogP contribution in [-0.2, 0) is 18.3 Å². The number of aromatic nitrogens is 3. The summed E-state index contributed by atoms with van der Waals surface area (Å²) >= 11 is 0. The van der Waals surface area contributed by atoms with Crippen LogP contribution in [0, 0.1) is 11.8 Å². The maximum absolute atomic E-state index is 13.7. The molecule has 2 N–H and O–H groups in total. The van der Waals surface area contributed by atoms with Crippen molar-refractivity contribution in [2.75, 3.05) is 38.8 Å². The SMILES string of the molecule is COc1cc(C(=O)N2CC3CCC2[C@@H]3N)cc2nc(-c3cc4ccc(N5CCC(OC)CC5)cc4n3CC3CC3)n(C)c12. The van der Waals surface area contributed by atoms with Gasteiger partial charge in [-0.2, -0.15) is 0 Å². The van der Waals surface area contributed by atoms with Gasteiger partial charge < -0.3 is 34.1 Å². The summed E-state index contributed by atoms with van der Waals surface area (Å²) in [6, 6.07) is 13.2. The zero-order valence-corrected chi connectivity index (χ0v) is 25.5. The van der Waals surface area contributed by atoms with Gasteiger partial charge in [-0.15, -0.1) is 0 Å². The van der Waals surface area contributed by atoms with Crippen LogP contribution in [0.5, 0.6) is 5.75 Å². The molecular formula is C34H42N6O3. The van der Waals surface area contributed by atoms with Gasteiger partial charge in [0.25, 0.3) is 5.91 Å². The summed E-state index contributed by atoms with van der Waals surface area (Å²) < 4.78 is 16.1. The van der Waals surface area contributed by atoms with Crippen molar-refractivity contribution in [1.29, 1.82) is 0 Å². The van der Waals surface area contributed by atoms with E-state index in [4.69, 9.17) is 20.2 Å². The quantitative estimate of drug-likeness (QED) is 0.337. The molecule has 2 aliphatic heterocycles. The molecule has 2 aliphatic carbocycles. The van der Waals surface area contributed by atoms with Crippen LogP contribution >= 0.6 is 0 Å². The Kier molecular flexibility index (Phi) is 6.45. The number of nitrogens with zero attached hydrogens (tertiary/aromatic N) is 5. The number of methoxy groups -OCH3 is 2. The molecular weight excluding hydrogens is 540 g/mol. The lowest BCUT2D eigenvalue weighted by Gasteiger charge is -2.33. The predicted octanol–water partition coefficient (Wildman–Crippen LogP) is 4.79. The molecule has 8 rings (SSSR count). The van der Waals surface area contributed by atoms with Crippen molar-refractivity contribution < 1.29 is 14.3 Å². The fraction of sp³-hybridized carbons (Fsp3) is 0.529. The molecule has 3 atom stereocenters. The van der Waals surface area contributed by atoms with E-state index in [1.807, 2.05) is 24.1 Å². The van der Waals surface area contributed by atoms with Crippen molar-refractivity contribution in [2.24, 2.45) is 24.6 Å². The number of hydrogen-bond acceptors (Lipinski definition) is 6. The molecule has 9 nitrogen and oxygen atoms in total. The minimum atomic E-state index is 0.0277. The maximum Gasteiger partial charge on any atom is 0.254 e. The molecule has 4 fully saturated rings. The number of fused-ring (bicyclic) bond motifs is 4. The van der Waals surface area contributed by atoms with Crippen LogP contribution in [0.3, 0.4) is 0 Å². The van der Waals surface area contributed by atoms with E-state index in [9.17, 15) is 4.79 Å². The van der Waals surface area contributed by atoms with Crippen LogP contribution in [0.15, 0.2) is 36.4 Å². The Labute approximate surface area is 252 Å². The molecule has 0 spiro atoms. The van der Waals surface area contributed by atoms with Crippen molar-refractivity contribution in [2.45, 2.75) is 63.3 Å². The van der Waals surface area contributed by atoms with Gasteiger partial charge in [-0.05, 0) is 80.7 Å². The molecule has 43 heavy (non-hydrogen) atoms. The van der Waals surface area contributed by atoms with Crippen LogP contribution in [0.2, 0.25) is 0 Å². The molecule has 2 unspecified atom stereocenters. The average Bonchev–Trinajstić information content (AvgIpc) is 3.44. The summed E-state index contributed by atoms with van der Waals surface area (Å²) in [5, 5.41) is 1.22. The van der Waals surface area contributed by atoms with Crippen LogP contribution < -0.4 is 15.4 Å². The lowest BCUT2D eigenvalue weighted by Crippen LogP contribution is -2.41. The van der Waals surface area contributed by atoms with E-state index < -0.39 is 0 Å². The van der Waals surface area contributed by atoms with Crippen LogP contribution in [0.4, 0.5) is 5.69 Å². The van der Waals surface area contributed by atoms with E-state index in [1.54, 1.807) is 7.11 Å². The number of carbonyl (C=O) groups is 1. The van der Waals surface area contributed by atoms with Crippen molar-refractivity contribution in [3.63, 3.8) is 0 Å². The topological polar surface area (TPSA) is 90.8 Å². The smallest absolute Gasteiger partial charge is 0.254 e. The summed E-state index contributed by atoms with van der Waals surface area (Å²) in [7, 11) is 5.54. The highest BCUT2D eigenvalue weighted by Gasteiger charge is 2.47. The van der Waals surface area contributed by atoms with Gasteiger partial charge in [0, 0.05) is 69.1 Å². The number of carbonyl (C=O) groups excluding carboxylic acids is 1. The number of rotatable bonds is 7. The Morgan fingerprint density at radius 1 is 1.02 bits per heavy atom. The van der Waals surface area contributed by atoms with Gasteiger partial charge in [0.1, 0.15) is 11.3 Å². The normalized spacial score (nSPS) is 24.1. The monoisotopic (exact) mass is 582 g/mol. The van der Waals surface area contributed by atoms with Crippen molar-refractivity contribution in [1.82, 2.24) is 19.0 Å². The fourth-order valence-corrected chi connectivity index (χ4v) is 8.00. The first-order chi connectivity index (χ1) is 20.9. The summed E-state index contributed by atoms with van der Waals surface area (Å²) in [6.45, 7) is 3.75. The molecule has 2 aromatic heterocycles. The fourth-order valence-electron chi connectivity index (χ4n) is 8.00. The molecule has 9 heteroatoms. The number of aryl methyl sites for hydroxylation is 1. The number of hydrogen-bond donors (Lipinski definition) is 1. The second kappa shape index (κ2) is 10.3. The third-order valence-corrected chi connectivity index (χ3v) is 10.7. The van der Waals surface area contributed by atoms with E-state index in [0.717, 1.165) is 74.4 Å².